The molecule has 3 heterocycles. The molecular formula is C25H24F4N6O2S. The van der Waals surface area contributed by atoms with Gasteiger partial charge in [-0.05, 0) is 68.8 Å². The Kier molecular flexibility index (Phi) is 8.23. The van der Waals surface area contributed by atoms with Gasteiger partial charge in [0.15, 0.2) is 10.8 Å². The third-order valence-electron chi connectivity index (χ3n) is 6.41. The summed E-state index contributed by atoms with van der Waals surface area (Å²) in [6.07, 6.45) is -1.40. The summed E-state index contributed by atoms with van der Waals surface area (Å²) in [4.78, 5) is 33.8. The first-order valence-corrected chi connectivity index (χ1v) is 12.4. The first-order valence-electron chi connectivity index (χ1n) is 12.0. The highest BCUT2D eigenvalue weighted by atomic mass is 32.1. The van der Waals surface area contributed by atoms with E-state index >= 15 is 0 Å². The third-order valence-corrected chi connectivity index (χ3v) is 6.81. The molecule has 0 saturated carbocycles. The minimum Gasteiger partial charge on any atom is -0.351 e. The third kappa shape index (κ3) is 5.92. The number of benzene rings is 1. The number of carbonyl (C=O) groups is 2. The predicted molar refractivity (Wildman–Crippen MR) is 135 cm³/mol. The Morgan fingerprint density at radius 1 is 1.13 bits per heavy atom. The topological polar surface area (TPSA) is 92.6 Å². The molecule has 13 heteroatoms. The molecule has 2 amide bonds. The lowest BCUT2D eigenvalue weighted by molar-refractivity contribution is -0.138. The molecule has 0 unspecified atom stereocenters. The zero-order valence-corrected chi connectivity index (χ0v) is 21.0. The summed E-state index contributed by atoms with van der Waals surface area (Å²) in [6.45, 7) is 3.12. The van der Waals surface area contributed by atoms with Gasteiger partial charge in [0.1, 0.15) is 11.9 Å². The fourth-order valence-corrected chi connectivity index (χ4v) is 4.89. The number of anilines is 2. The smallest absolute Gasteiger partial charge is 0.351 e. The van der Waals surface area contributed by atoms with Crippen LogP contribution in [0.2, 0.25) is 0 Å². The Morgan fingerprint density at radius 3 is 2.55 bits per heavy atom. The van der Waals surface area contributed by atoms with E-state index in [1.807, 2.05) is 0 Å². The minimum atomic E-state index is -4.88. The molecule has 38 heavy (non-hydrogen) atoms. The maximum absolute atomic E-state index is 14.6. The number of halogens is 4. The van der Waals surface area contributed by atoms with E-state index < -0.39 is 35.1 Å². The minimum absolute atomic E-state index is 0.0248. The Labute approximate surface area is 221 Å². The van der Waals surface area contributed by atoms with E-state index in [0.717, 1.165) is 43.1 Å². The zero-order chi connectivity index (χ0) is 27.4. The lowest BCUT2D eigenvalue weighted by Crippen LogP contribution is -2.44. The van der Waals surface area contributed by atoms with E-state index in [-0.39, 0.29) is 29.3 Å². The number of pyridine rings is 1. The predicted octanol–water partition coefficient (Wildman–Crippen LogP) is 3.86. The SMILES string of the molecule is N#Cc1ncc(N2C(=O)CCCN(c3ccc(F)c(C(=O)NCCN4CCCC4)c3)C2=S)cc1C(F)(F)F. The molecule has 1 aromatic heterocycles. The van der Waals surface area contributed by atoms with E-state index in [2.05, 4.69) is 15.2 Å². The van der Waals surface area contributed by atoms with E-state index in [1.54, 1.807) is 0 Å². The van der Waals surface area contributed by atoms with Gasteiger partial charge in [0.25, 0.3) is 5.91 Å². The Hall–Kier alpha value is -3.63. The van der Waals surface area contributed by atoms with Crippen LogP contribution in [0.3, 0.4) is 0 Å². The number of aromatic nitrogens is 1. The normalized spacial score (nSPS) is 16.9. The van der Waals surface area contributed by atoms with Crippen molar-refractivity contribution in [3.05, 3.63) is 53.1 Å². The lowest BCUT2D eigenvalue weighted by Gasteiger charge is -2.30. The van der Waals surface area contributed by atoms with Gasteiger partial charge in [-0.2, -0.15) is 18.4 Å². The van der Waals surface area contributed by atoms with E-state index in [1.165, 1.54) is 23.1 Å². The van der Waals surface area contributed by atoms with Crippen LogP contribution in [0.15, 0.2) is 30.5 Å². The molecule has 2 aliphatic heterocycles. The summed E-state index contributed by atoms with van der Waals surface area (Å²) >= 11 is 5.50. The fraction of sp³-hybridized carbons (Fsp3) is 0.400. The van der Waals surface area contributed by atoms with Crippen molar-refractivity contribution in [2.45, 2.75) is 31.9 Å². The molecule has 0 aliphatic carbocycles. The summed E-state index contributed by atoms with van der Waals surface area (Å²) in [5, 5.41) is 11.6. The van der Waals surface area contributed by atoms with Gasteiger partial charge in [-0.15, -0.1) is 0 Å². The highest BCUT2D eigenvalue weighted by Gasteiger charge is 2.37. The van der Waals surface area contributed by atoms with E-state index in [4.69, 9.17) is 17.5 Å². The lowest BCUT2D eigenvalue weighted by atomic mass is 10.1. The molecule has 8 nitrogen and oxygen atoms in total. The van der Waals surface area contributed by atoms with E-state index in [9.17, 15) is 27.2 Å². The number of rotatable bonds is 6. The number of carbonyl (C=O) groups excluding carboxylic acids is 2. The quantitative estimate of drug-likeness (QED) is 0.433. The average Bonchev–Trinajstić information content (AvgIpc) is 3.35. The standard InChI is InChI=1S/C25H24F4N6O2S/c26-20-6-5-16(12-18(20)23(37)31-7-11-33-8-1-2-9-33)34-10-3-4-22(36)35(24(34)38)17-13-19(25(27,28)29)21(14-30)32-15-17/h5-6,12-13,15H,1-4,7-11H2,(H,31,37). The van der Waals surface area contributed by atoms with Crippen molar-refractivity contribution in [3.8, 4) is 6.07 Å². The zero-order valence-electron chi connectivity index (χ0n) is 20.2. The number of nitrogens with one attached hydrogen (secondary N) is 1. The molecule has 2 saturated heterocycles. The summed E-state index contributed by atoms with van der Waals surface area (Å²) in [6, 6.07) is 5.85. The molecule has 200 valence electrons. The van der Waals surface area contributed by atoms with Crippen molar-refractivity contribution in [1.82, 2.24) is 15.2 Å². The van der Waals surface area contributed by atoms with Crippen molar-refractivity contribution in [2.24, 2.45) is 0 Å². The number of likely N-dealkylation sites (tertiary alicyclic amines) is 1. The molecule has 2 aliphatic rings. The summed E-state index contributed by atoms with van der Waals surface area (Å²) in [7, 11) is 0. The Bertz CT molecular complexity index is 1290. The molecule has 0 bridgehead atoms. The van der Waals surface area contributed by atoms with Crippen molar-refractivity contribution >= 4 is 40.5 Å². The van der Waals surface area contributed by atoms with E-state index in [0.29, 0.717) is 31.3 Å². The second-order valence-corrected chi connectivity index (χ2v) is 9.30. The second kappa shape index (κ2) is 11.4. The van der Waals surface area contributed by atoms with Crippen molar-refractivity contribution in [2.75, 3.05) is 42.5 Å². The summed E-state index contributed by atoms with van der Waals surface area (Å²) in [5.41, 5.74) is -2.28. The molecule has 0 radical (unpaired) electrons. The fourth-order valence-electron chi connectivity index (χ4n) is 4.48. The van der Waals surface area contributed by atoms with Crippen LogP contribution in [0, 0.1) is 17.1 Å². The van der Waals surface area contributed by atoms with Crippen LogP contribution in [-0.2, 0) is 11.0 Å². The van der Waals surface area contributed by atoms with Crippen LogP contribution in [-0.4, -0.2) is 59.5 Å². The summed E-state index contributed by atoms with van der Waals surface area (Å²) in [5.74, 6) is -1.91. The number of hydrogen-bond donors (Lipinski definition) is 1. The highest BCUT2D eigenvalue weighted by Crippen LogP contribution is 2.34. The van der Waals surface area contributed by atoms with Gasteiger partial charge in [0, 0.05) is 31.7 Å². The van der Waals surface area contributed by atoms with Gasteiger partial charge < -0.3 is 15.1 Å². The molecule has 0 spiro atoms. The summed E-state index contributed by atoms with van der Waals surface area (Å²) < 4.78 is 55.2. The van der Waals surface area contributed by atoms with Gasteiger partial charge in [-0.25, -0.2) is 9.37 Å². The number of nitriles is 1. The first-order chi connectivity index (χ1) is 18.1. The van der Waals surface area contributed by atoms with Crippen LogP contribution < -0.4 is 15.1 Å². The largest absolute Gasteiger partial charge is 0.419 e. The number of thiocarbonyl (C=S) groups is 1. The maximum Gasteiger partial charge on any atom is 0.419 e. The van der Waals surface area contributed by atoms with Crippen LogP contribution >= 0.6 is 12.2 Å². The molecule has 2 fully saturated rings. The monoisotopic (exact) mass is 548 g/mol. The highest BCUT2D eigenvalue weighted by molar-refractivity contribution is 7.81. The van der Waals surface area contributed by atoms with Crippen molar-refractivity contribution < 1.29 is 27.2 Å². The first kappa shape index (κ1) is 27.4. The molecule has 4 rings (SSSR count). The van der Waals surface area contributed by atoms with Crippen LogP contribution in [0.5, 0.6) is 0 Å². The van der Waals surface area contributed by atoms with Crippen LogP contribution in [0.25, 0.3) is 0 Å². The van der Waals surface area contributed by atoms with Gasteiger partial charge in [0.05, 0.1) is 23.0 Å². The molecular weight excluding hydrogens is 524 g/mol. The molecule has 1 aromatic carbocycles. The Morgan fingerprint density at radius 2 is 1.87 bits per heavy atom. The Balaban J connectivity index is 1.60. The number of hydrogen-bond acceptors (Lipinski definition) is 6. The second-order valence-electron chi connectivity index (χ2n) is 8.93. The molecule has 0 atom stereocenters. The van der Waals surface area contributed by atoms with Gasteiger partial charge >= 0.3 is 6.18 Å². The number of alkyl halides is 3. The van der Waals surface area contributed by atoms with Gasteiger partial charge in [-0.3, -0.25) is 14.5 Å². The maximum atomic E-state index is 14.6. The number of amides is 2. The van der Waals surface area contributed by atoms with Crippen LogP contribution in [0.1, 0.15) is 47.3 Å². The van der Waals surface area contributed by atoms with Crippen LogP contribution in [0.4, 0.5) is 28.9 Å². The van der Waals surface area contributed by atoms with Crippen molar-refractivity contribution in [1.29, 1.82) is 5.26 Å². The molecule has 1 N–H and O–H groups in total. The number of nitrogens with zero attached hydrogens (tertiary/aromatic N) is 5. The average molecular weight is 549 g/mol. The molecule has 2 aromatic rings. The van der Waals surface area contributed by atoms with Crippen molar-refractivity contribution in [3.63, 3.8) is 0 Å². The van der Waals surface area contributed by atoms with Gasteiger partial charge in [0.2, 0.25) is 5.91 Å². The van der Waals surface area contributed by atoms with Gasteiger partial charge in [-0.1, -0.05) is 0 Å².